The molecule has 1 aliphatic rings. The van der Waals surface area contributed by atoms with Crippen molar-refractivity contribution >= 4 is 33.0 Å². The Morgan fingerprint density at radius 2 is 1.93 bits per heavy atom. The molecule has 0 atom stereocenters. The average Bonchev–Trinajstić information content (AvgIpc) is 3.19. The molecule has 2 N–H and O–H groups in total. The van der Waals surface area contributed by atoms with E-state index in [1.165, 1.54) is 17.4 Å². The van der Waals surface area contributed by atoms with Gasteiger partial charge in [0.25, 0.3) is 5.91 Å². The molecule has 0 fully saturated rings. The Morgan fingerprint density at radius 1 is 1.17 bits per heavy atom. The predicted octanol–water partition coefficient (Wildman–Crippen LogP) is 4.17. The Balaban J connectivity index is 1.45. The van der Waals surface area contributed by atoms with Gasteiger partial charge >= 0.3 is 0 Å². The molecule has 2 aromatic carbocycles. The highest BCUT2D eigenvalue weighted by Gasteiger charge is 2.22. The van der Waals surface area contributed by atoms with E-state index in [1.807, 2.05) is 30.3 Å². The Bertz CT molecular complexity index is 1200. The highest BCUT2D eigenvalue weighted by Crippen LogP contribution is 2.42. The van der Waals surface area contributed by atoms with Crippen molar-refractivity contribution < 1.29 is 17.9 Å². The van der Waals surface area contributed by atoms with Crippen molar-refractivity contribution in [3.8, 4) is 16.2 Å². The van der Waals surface area contributed by atoms with Crippen molar-refractivity contribution in [2.45, 2.75) is 12.4 Å². The van der Waals surface area contributed by atoms with Crippen molar-refractivity contribution in [2.75, 3.05) is 11.9 Å². The van der Waals surface area contributed by atoms with Crippen molar-refractivity contribution in [2.24, 2.45) is 0 Å². The van der Waals surface area contributed by atoms with Gasteiger partial charge in [0, 0.05) is 28.2 Å². The number of benzene rings is 2. The van der Waals surface area contributed by atoms with Crippen molar-refractivity contribution in [1.29, 1.82) is 0 Å². The van der Waals surface area contributed by atoms with E-state index in [0.29, 0.717) is 22.7 Å². The molecule has 0 spiro atoms. The lowest BCUT2D eigenvalue weighted by Gasteiger charge is -2.16. The van der Waals surface area contributed by atoms with Crippen LogP contribution in [0, 0.1) is 0 Å². The van der Waals surface area contributed by atoms with E-state index in [4.69, 9.17) is 4.74 Å². The van der Waals surface area contributed by atoms with E-state index in [1.54, 1.807) is 24.3 Å². The summed E-state index contributed by atoms with van der Waals surface area (Å²) in [4.78, 5) is 14.4. The average molecular weight is 441 g/mol. The molecule has 3 aromatic rings. The Hall–Kier alpha value is -2.94. The summed E-state index contributed by atoms with van der Waals surface area (Å²) in [5.74, 6) is 0.485. The van der Waals surface area contributed by atoms with Crippen LogP contribution in [-0.4, -0.2) is 20.9 Å². The maximum absolute atomic E-state index is 12.7. The third-order valence-corrected chi connectivity index (χ3v) is 7.09. The lowest BCUT2D eigenvalue weighted by Crippen LogP contribution is -2.25. The number of hydrogen-bond acceptors (Lipinski definition) is 5. The molecule has 0 radical (unpaired) electrons. The molecule has 1 amide bonds. The summed E-state index contributed by atoms with van der Waals surface area (Å²) in [6.45, 7) is 4.13. The third kappa shape index (κ3) is 4.46. The van der Waals surface area contributed by atoms with Gasteiger partial charge in [0.05, 0.1) is 10.6 Å². The number of amides is 1. The van der Waals surface area contributed by atoms with Gasteiger partial charge < -0.3 is 10.1 Å². The second-order valence-corrected chi connectivity index (χ2v) is 9.66. The van der Waals surface area contributed by atoms with Crippen LogP contribution in [0.15, 0.2) is 67.3 Å². The van der Waals surface area contributed by atoms with Gasteiger partial charge in [0.1, 0.15) is 12.4 Å². The van der Waals surface area contributed by atoms with Crippen LogP contribution in [0.25, 0.3) is 10.4 Å². The van der Waals surface area contributed by atoms with Crippen LogP contribution >= 0.6 is 11.3 Å². The number of fused-ring (bicyclic) bond motifs is 3. The van der Waals surface area contributed by atoms with Gasteiger partial charge in [0.2, 0.25) is 10.0 Å². The maximum Gasteiger partial charge on any atom is 0.265 e. The van der Waals surface area contributed by atoms with Crippen LogP contribution in [0.5, 0.6) is 5.75 Å². The van der Waals surface area contributed by atoms with Crippen molar-refractivity contribution in [3.63, 3.8) is 0 Å². The van der Waals surface area contributed by atoms with E-state index >= 15 is 0 Å². The fourth-order valence-electron chi connectivity index (χ4n) is 3.14. The Morgan fingerprint density at radius 3 is 2.70 bits per heavy atom. The fourth-order valence-corrected chi connectivity index (χ4v) is 5.34. The summed E-state index contributed by atoms with van der Waals surface area (Å²) in [7, 11) is -3.42. The smallest absolute Gasteiger partial charge is 0.265 e. The molecule has 1 aliphatic heterocycles. The number of rotatable bonds is 7. The molecule has 0 unspecified atom stereocenters. The first kappa shape index (κ1) is 20.3. The molecule has 0 saturated heterocycles. The standard InChI is InChI=1S/C22H20N2O4S2/c1-2-11-23-30(26,27)14-15-7-9-17(10-8-15)24-22(25)20-12-16-13-28-19-6-4-3-5-18(19)21(16)29-20/h2-10,12,23H,1,11,13-14H2,(H,24,25). The molecular formula is C22H20N2O4S2. The molecular weight excluding hydrogens is 420 g/mol. The summed E-state index contributed by atoms with van der Waals surface area (Å²) in [6.07, 6.45) is 1.49. The molecule has 8 heteroatoms. The van der Waals surface area contributed by atoms with E-state index in [-0.39, 0.29) is 18.2 Å². The first-order valence-electron chi connectivity index (χ1n) is 9.28. The fraction of sp³-hybridized carbons (Fsp3) is 0.136. The predicted molar refractivity (Wildman–Crippen MR) is 119 cm³/mol. The largest absolute Gasteiger partial charge is 0.488 e. The summed E-state index contributed by atoms with van der Waals surface area (Å²) in [5, 5.41) is 2.87. The summed E-state index contributed by atoms with van der Waals surface area (Å²) >= 11 is 1.44. The highest BCUT2D eigenvalue weighted by atomic mass is 32.2. The van der Waals surface area contributed by atoms with Gasteiger partial charge in [0.15, 0.2) is 0 Å². The van der Waals surface area contributed by atoms with E-state index in [2.05, 4.69) is 16.6 Å². The van der Waals surface area contributed by atoms with Gasteiger partial charge in [-0.1, -0.05) is 30.3 Å². The Kier molecular flexibility index (Phi) is 5.72. The summed E-state index contributed by atoms with van der Waals surface area (Å²) in [5.41, 5.74) is 3.22. The zero-order valence-corrected chi connectivity index (χ0v) is 17.7. The van der Waals surface area contributed by atoms with E-state index in [9.17, 15) is 13.2 Å². The van der Waals surface area contributed by atoms with Crippen LogP contribution in [0.1, 0.15) is 20.8 Å². The van der Waals surface area contributed by atoms with Crippen LogP contribution in [0.2, 0.25) is 0 Å². The number of para-hydroxylation sites is 1. The van der Waals surface area contributed by atoms with Crippen LogP contribution < -0.4 is 14.8 Å². The van der Waals surface area contributed by atoms with Crippen molar-refractivity contribution in [3.05, 3.63) is 83.3 Å². The highest BCUT2D eigenvalue weighted by molar-refractivity contribution is 7.88. The number of sulfonamides is 1. The molecule has 2 heterocycles. The number of carbonyl (C=O) groups is 1. The molecule has 0 aliphatic carbocycles. The van der Waals surface area contributed by atoms with Gasteiger partial charge in [-0.25, -0.2) is 13.1 Å². The van der Waals surface area contributed by atoms with Gasteiger partial charge in [-0.3, -0.25) is 4.79 Å². The lowest BCUT2D eigenvalue weighted by molar-refractivity contribution is 0.103. The van der Waals surface area contributed by atoms with Gasteiger partial charge in [-0.2, -0.15) is 0 Å². The van der Waals surface area contributed by atoms with Crippen LogP contribution in [0.4, 0.5) is 5.69 Å². The van der Waals surface area contributed by atoms with Gasteiger partial charge in [-0.15, -0.1) is 17.9 Å². The van der Waals surface area contributed by atoms with Crippen LogP contribution in [-0.2, 0) is 22.4 Å². The zero-order valence-electron chi connectivity index (χ0n) is 16.1. The van der Waals surface area contributed by atoms with E-state index < -0.39 is 10.0 Å². The number of hydrogen-bond donors (Lipinski definition) is 2. The minimum absolute atomic E-state index is 0.133. The third-order valence-electron chi connectivity index (χ3n) is 4.56. The minimum Gasteiger partial charge on any atom is -0.488 e. The lowest BCUT2D eigenvalue weighted by atomic mass is 10.1. The summed E-state index contributed by atoms with van der Waals surface area (Å²) < 4.78 is 32.1. The molecule has 6 nitrogen and oxygen atoms in total. The van der Waals surface area contributed by atoms with Crippen molar-refractivity contribution in [1.82, 2.24) is 4.72 Å². The normalized spacial score (nSPS) is 12.4. The molecule has 1 aromatic heterocycles. The molecule has 154 valence electrons. The SMILES string of the molecule is C=CCNS(=O)(=O)Cc1ccc(NC(=O)c2cc3c(s2)-c2ccccc2OC3)cc1. The second kappa shape index (κ2) is 8.43. The van der Waals surface area contributed by atoms with E-state index in [0.717, 1.165) is 21.8 Å². The van der Waals surface area contributed by atoms with Gasteiger partial charge in [-0.05, 0) is 35.9 Å². The number of anilines is 1. The molecule has 4 rings (SSSR count). The molecule has 0 bridgehead atoms. The number of nitrogens with one attached hydrogen (secondary N) is 2. The molecule has 0 saturated carbocycles. The first-order valence-corrected chi connectivity index (χ1v) is 11.8. The zero-order chi connectivity index (χ0) is 21.1. The number of ether oxygens (including phenoxy) is 1. The second-order valence-electron chi connectivity index (χ2n) is 6.80. The molecule has 30 heavy (non-hydrogen) atoms. The number of thiophene rings is 1. The number of carbonyl (C=O) groups excluding carboxylic acids is 1. The minimum atomic E-state index is -3.42. The monoisotopic (exact) mass is 440 g/mol. The topological polar surface area (TPSA) is 84.5 Å². The maximum atomic E-state index is 12.7. The quantitative estimate of drug-likeness (QED) is 0.540. The summed E-state index contributed by atoms with van der Waals surface area (Å²) in [6, 6.07) is 16.4. The van der Waals surface area contributed by atoms with Crippen LogP contribution in [0.3, 0.4) is 0 Å². The first-order chi connectivity index (χ1) is 14.4. The Labute approximate surface area is 179 Å².